The molecule has 47 heavy (non-hydrogen) atoms. The van der Waals surface area contributed by atoms with Gasteiger partial charge in [-0.15, -0.1) is 0 Å². The Bertz CT molecular complexity index is 2020. The van der Waals surface area contributed by atoms with Crippen LogP contribution in [-0.2, 0) is 0 Å². The highest BCUT2D eigenvalue weighted by Crippen LogP contribution is 2.41. The number of nitrogens with zero attached hydrogens (tertiary/aromatic N) is 3. The summed E-state index contributed by atoms with van der Waals surface area (Å²) in [7, 11) is 0. The van der Waals surface area contributed by atoms with E-state index in [0.29, 0.717) is 45.4 Å². The van der Waals surface area contributed by atoms with Crippen molar-refractivity contribution < 1.29 is 9.53 Å². The zero-order valence-corrected chi connectivity index (χ0v) is 27.4. The average Bonchev–Trinajstić information content (AvgIpc) is 3.70. The molecule has 0 saturated carbocycles. The largest absolute Gasteiger partial charge is 0.476 e. The van der Waals surface area contributed by atoms with Gasteiger partial charge >= 0.3 is 0 Å². The first-order chi connectivity index (χ1) is 23.0. The number of halogens is 2. The minimum absolute atomic E-state index is 0.131. The molecule has 1 unspecified atom stereocenters. The van der Waals surface area contributed by atoms with Gasteiger partial charge in [-0.3, -0.25) is 4.79 Å². The van der Waals surface area contributed by atoms with Crippen LogP contribution in [0.2, 0.25) is 10.0 Å². The third kappa shape index (κ3) is 6.49. The van der Waals surface area contributed by atoms with Gasteiger partial charge in [-0.1, -0.05) is 71.7 Å². The fourth-order valence-electron chi connectivity index (χ4n) is 6.23. The molecule has 1 aliphatic rings. The highest BCUT2D eigenvalue weighted by molar-refractivity contribution is 6.31. The molecule has 8 nitrogen and oxygen atoms in total. The Kier molecular flexibility index (Phi) is 8.98. The number of amides is 1. The lowest BCUT2D eigenvalue weighted by Gasteiger charge is -2.23. The highest BCUT2D eigenvalue weighted by Gasteiger charge is 2.28. The third-order valence-corrected chi connectivity index (χ3v) is 9.26. The maximum atomic E-state index is 14.4. The summed E-state index contributed by atoms with van der Waals surface area (Å²) in [5.41, 5.74) is 5.85. The second kappa shape index (κ2) is 13.6. The van der Waals surface area contributed by atoms with Gasteiger partial charge in [0, 0.05) is 38.3 Å². The summed E-state index contributed by atoms with van der Waals surface area (Å²) < 4.78 is 8.28. The molecule has 3 N–H and O–H groups in total. The highest BCUT2D eigenvalue weighted by atomic mass is 35.5. The van der Waals surface area contributed by atoms with E-state index >= 15 is 0 Å². The number of imidazole rings is 1. The molecule has 10 heteroatoms. The van der Waals surface area contributed by atoms with Crippen molar-refractivity contribution >= 4 is 45.7 Å². The Morgan fingerprint density at radius 3 is 2.53 bits per heavy atom. The van der Waals surface area contributed by atoms with Crippen molar-refractivity contribution in [2.24, 2.45) is 5.92 Å². The van der Waals surface area contributed by atoms with E-state index in [1.807, 2.05) is 85.2 Å². The Labute approximate surface area is 283 Å². The van der Waals surface area contributed by atoms with Gasteiger partial charge in [-0.2, -0.15) is 0 Å². The fourth-order valence-corrected chi connectivity index (χ4v) is 6.53. The quantitative estimate of drug-likeness (QED) is 0.144. The number of aromatic nitrogens is 4. The van der Waals surface area contributed by atoms with Crippen molar-refractivity contribution in [3.8, 4) is 28.4 Å². The molecule has 0 radical (unpaired) electrons. The number of H-pyrrole nitrogens is 1. The van der Waals surface area contributed by atoms with Gasteiger partial charge in [0.25, 0.3) is 5.91 Å². The summed E-state index contributed by atoms with van der Waals surface area (Å²) in [6.07, 6.45) is 5.59. The first-order valence-corrected chi connectivity index (χ1v) is 16.5. The molecule has 6 aromatic rings. The Hall–Kier alpha value is -4.63. The molecule has 1 saturated heterocycles. The van der Waals surface area contributed by atoms with Crippen LogP contribution < -0.4 is 15.4 Å². The molecule has 1 amide bonds. The molecule has 0 bridgehead atoms. The summed E-state index contributed by atoms with van der Waals surface area (Å²) in [5, 5.41) is 8.54. The van der Waals surface area contributed by atoms with Crippen molar-refractivity contribution in [1.82, 2.24) is 24.8 Å². The number of anilines is 1. The average molecular weight is 666 g/mol. The molecule has 0 spiro atoms. The number of carbonyl (C=O) groups excluding carboxylic acids is 1. The molecular weight excluding hydrogens is 631 g/mol. The summed E-state index contributed by atoms with van der Waals surface area (Å²) in [6.45, 7) is 4.60. The van der Waals surface area contributed by atoms with E-state index in [9.17, 15) is 4.79 Å². The number of piperidine rings is 1. The number of carbonyl (C=O) groups is 1. The second-order valence-corrected chi connectivity index (χ2v) is 12.7. The maximum absolute atomic E-state index is 14.4. The van der Waals surface area contributed by atoms with Crippen LogP contribution in [0.3, 0.4) is 0 Å². The number of pyridine rings is 1. The molecule has 4 heterocycles. The Morgan fingerprint density at radius 1 is 0.979 bits per heavy atom. The lowest BCUT2D eigenvalue weighted by molar-refractivity contribution is 0.102. The number of nitrogens with one attached hydrogen (secondary N) is 3. The van der Waals surface area contributed by atoms with E-state index < -0.39 is 0 Å². The number of benzene rings is 3. The van der Waals surface area contributed by atoms with Gasteiger partial charge in [-0.25, -0.2) is 9.97 Å². The number of hydrogen-bond donors (Lipinski definition) is 3. The predicted octanol–water partition coefficient (Wildman–Crippen LogP) is 8.64. The molecule has 7 rings (SSSR count). The summed E-state index contributed by atoms with van der Waals surface area (Å²) in [5.74, 6) is 0.496. The van der Waals surface area contributed by atoms with E-state index in [1.165, 1.54) is 0 Å². The van der Waals surface area contributed by atoms with Crippen LogP contribution in [0.25, 0.3) is 33.4 Å². The van der Waals surface area contributed by atoms with Gasteiger partial charge in [0.1, 0.15) is 11.4 Å². The number of rotatable bonds is 9. The predicted molar refractivity (Wildman–Crippen MR) is 189 cm³/mol. The maximum Gasteiger partial charge on any atom is 0.272 e. The van der Waals surface area contributed by atoms with Crippen LogP contribution in [0.1, 0.15) is 41.9 Å². The molecule has 3 aromatic heterocycles. The standard InChI is InChI=1S/C37H34Cl2N6O2/c1-23(25-9-11-27(38)12-10-25)45-22-42-33(26-6-3-2-4-7-26)35(45)32-29-14-13-28(39)20-31(29)43-34(32)36(46)44-30-8-5-17-41-37(30)47-21-24-15-18-40-19-16-24/h2-14,17,20,22-24,40,43H,15-16,18-19,21H2,1H3,(H,44,46). The topological polar surface area (TPSA) is 96.9 Å². The van der Waals surface area contributed by atoms with Crippen molar-refractivity contribution in [2.75, 3.05) is 25.0 Å². The molecule has 0 aliphatic carbocycles. The number of aromatic amines is 1. The van der Waals surface area contributed by atoms with Crippen LogP contribution in [0, 0.1) is 5.92 Å². The zero-order valence-electron chi connectivity index (χ0n) is 25.8. The van der Waals surface area contributed by atoms with E-state index in [1.54, 1.807) is 12.3 Å². The third-order valence-electron chi connectivity index (χ3n) is 8.77. The summed E-state index contributed by atoms with van der Waals surface area (Å²) >= 11 is 12.7. The minimum Gasteiger partial charge on any atom is -0.476 e. The second-order valence-electron chi connectivity index (χ2n) is 11.8. The van der Waals surface area contributed by atoms with Crippen LogP contribution >= 0.6 is 23.2 Å². The van der Waals surface area contributed by atoms with E-state index in [-0.39, 0.29) is 11.9 Å². The molecular formula is C37H34Cl2N6O2. The smallest absolute Gasteiger partial charge is 0.272 e. The lowest BCUT2D eigenvalue weighted by Crippen LogP contribution is -2.30. The van der Waals surface area contributed by atoms with Crippen LogP contribution in [0.4, 0.5) is 5.69 Å². The van der Waals surface area contributed by atoms with Gasteiger partial charge in [-0.05, 0) is 80.7 Å². The molecule has 238 valence electrons. The van der Waals surface area contributed by atoms with Gasteiger partial charge < -0.3 is 24.9 Å². The van der Waals surface area contributed by atoms with Crippen molar-refractivity contribution in [2.45, 2.75) is 25.8 Å². The van der Waals surface area contributed by atoms with Crippen LogP contribution in [0.15, 0.2) is 97.5 Å². The van der Waals surface area contributed by atoms with Crippen LogP contribution in [0.5, 0.6) is 5.88 Å². The van der Waals surface area contributed by atoms with Crippen molar-refractivity contribution in [3.63, 3.8) is 0 Å². The number of fused-ring (bicyclic) bond motifs is 1. The Balaban J connectivity index is 1.34. The fraction of sp³-hybridized carbons (Fsp3) is 0.216. The van der Waals surface area contributed by atoms with Gasteiger partial charge in [0.2, 0.25) is 5.88 Å². The Morgan fingerprint density at radius 2 is 1.74 bits per heavy atom. The molecule has 3 aromatic carbocycles. The van der Waals surface area contributed by atoms with E-state index in [2.05, 4.69) is 32.1 Å². The summed E-state index contributed by atoms with van der Waals surface area (Å²) in [6, 6.07) is 26.8. The van der Waals surface area contributed by atoms with Crippen LogP contribution in [-0.4, -0.2) is 45.1 Å². The first-order valence-electron chi connectivity index (χ1n) is 15.8. The number of ether oxygens (including phenoxy) is 1. The van der Waals surface area contributed by atoms with Crippen molar-refractivity contribution in [3.05, 3.63) is 119 Å². The lowest BCUT2D eigenvalue weighted by atomic mass is 9.99. The first kappa shape index (κ1) is 31.0. The van der Waals surface area contributed by atoms with E-state index in [4.69, 9.17) is 32.9 Å². The molecule has 1 atom stereocenters. The summed E-state index contributed by atoms with van der Waals surface area (Å²) in [4.78, 5) is 27.1. The van der Waals surface area contributed by atoms with Crippen molar-refractivity contribution in [1.29, 1.82) is 0 Å². The number of hydrogen-bond acceptors (Lipinski definition) is 5. The molecule has 1 fully saturated rings. The normalized spacial score (nSPS) is 14.3. The van der Waals surface area contributed by atoms with Gasteiger partial charge in [0.15, 0.2) is 0 Å². The van der Waals surface area contributed by atoms with E-state index in [0.717, 1.165) is 59.3 Å². The molecule has 1 aliphatic heterocycles. The zero-order chi connectivity index (χ0) is 32.3. The minimum atomic E-state index is -0.335. The SMILES string of the molecule is CC(c1ccc(Cl)cc1)n1cnc(-c2ccccc2)c1-c1c(C(=O)Nc2cccnc2OCC2CCNCC2)[nH]c2cc(Cl)ccc12. The van der Waals surface area contributed by atoms with Gasteiger partial charge in [0.05, 0.1) is 30.4 Å². The monoisotopic (exact) mass is 664 g/mol.